The fourth-order valence-electron chi connectivity index (χ4n) is 3.99. The van der Waals surface area contributed by atoms with Crippen molar-refractivity contribution in [2.75, 3.05) is 26.2 Å². The van der Waals surface area contributed by atoms with E-state index in [9.17, 15) is 14.4 Å². The topological polar surface area (TPSA) is 88.4 Å². The molecule has 3 heterocycles. The van der Waals surface area contributed by atoms with Crippen LogP contribution in [0.25, 0.3) is 11.0 Å². The average Bonchev–Trinajstić information content (AvgIpc) is 2.88. The number of aromatic nitrogens is 2. The number of imide groups is 1. The molecule has 28 heavy (non-hydrogen) atoms. The van der Waals surface area contributed by atoms with Crippen LogP contribution in [0.3, 0.4) is 0 Å². The van der Waals surface area contributed by atoms with Crippen LogP contribution in [0.5, 0.6) is 0 Å². The van der Waals surface area contributed by atoms with Crippen LogP contribution in [0.2, 0.25) is 0 Å². The Kier molecular flexibility index (Phi) is 7.28. The molecular weight excluding hydrogens is 405 g/mol. The number of nitrogens with one attached hydrogen (secondary N) is 2. The molecular formula is C18H25Cl2N5O3. The number of para-hydroxylation sites is 1. The SMILES string of the molecule is Cl.Cl.Cn1c(=O)n(C2CCC(=O)NC2=O)c2cccc(CN3CCNCC3)c21. The molecule has 2 aliphatic rings. The molecule has 1 aromatic heterocycles. The second-order valence-electron chi connectivity index (χ2n) is 6.99. The Balaban J connectivity index is 0.00000140. The second kappa shape index (κ2) is 9.09. The zero-order valence-electron chi connectivity index (χ0n) is 15.6. The highest BCUT2D eigenvalue weighted by atomic mass is 35.5. The molecule has 154 valence electrons. The number of fused-ring (bicyclic) bond motifs is 1. The van der Waals surface area contributed by atoms with E-state index in [-0.39, 0.29) is 42.8 Å². The second-order valence-corrected chi connectivity index (χ2v) is 6.99. The molecule has 0 radical (unpaired) electrons. The lowest BCUT2D eigenvalue weighted by molar-refractivity contribution is -0.135. The van der Waals surface area contributed by atoms with E-state index < -0.39 is 11.9 Å². The van der Waals surface area contributed by atoms with Crippen molar-refractivity contribution < 1.29 is 9.59 Å². The van der Waals surface area contributed by atoms with Gasteiger partial charge in [0, 0.05) is 46.2 Å². The Labute approximate surface area is 175 Å². The standard InChI is InChI=1S/C18H23N5O3.2ClH/c1-21-16-12(11-22-9-7-19-8-10-22)3-2-4-13(16)23(18(21)26)14-5-6-15(24)20-17(14)25;;/h2-4,14,19H,5-11H2,1H3,(H,20,24,25);2*1H. The van der Waals surface area contributed by atoms with E-state index in [2.05, 4.69) is 15.5 Å². The normalized spacial score (nSPS) is 20.4. The number of piperidine rings is 1. The number of hydrogen-bond donors (Lipinski definition) is 2. The first kappa shape index (κ1) is 22.4. The van der Waals surface area contributed by atoms with Crippen molar-refractivity contribution in [3.8, 4) is 0 Å². The molecule has 2 amide bonds. The van der Waals surface area contributed by atoms with Gasteiger partial charge in [-0.05, 0) is 18.1 Å². The van der Waals surface area contributed by atoms with Gasteiger partial charge in [-0.15, -0.1) is 24.8 Å². The smallest absolute Gasteiger partial charge is 0.314 e. The van der Waals surface area contributed by atoms with Crippen LogP contribution >= 0.6 is 24.8 Å². The lowest BCUT2D eigenvalue weighted by atomic mass is 10.1. The molecule has 2 aliphatic heterocycles. The minimum Gasteiger partial charge on any atom is -0.314 e. The van der Waals surface area contributed by atoms with Crippen molar-refractivity contribution in [3.05, 3.63) is 34.2 Å². The monoisotopic (exact) mass is 429 g/mol. The largest absolute Gasteiger partial charge is 0.329 e. The number of aryl methyl sites for hydroxylation is 1. The number of carbonyl (C=O) groups excluding carboxylic acids is 2. The lowest BCUT2D eigenvalue weighted by Crippen LogP contribution is -2.44. The summed E-state index contributed by atoms with van der Waals surface area (Å²) in [6, 6.07) is 5.21. The lowest BCUT2D eigenvalue weighted by Gasteiger charge is -2.27. The van der Waals surface area contributed by atoms with Gasteiger partial charge in [-0.25, -0.2) is 4.79 Å². The van der Waals surface area contributed by atoms with Gasteiger partial charge in [-0.2, -0.15) is 0 Å². The summed E-state index contributed by atoms with van der Waals surface area (Å²) in [7, 11) is 1.74. The van der Waals surface area contributed by atoms with E-state index in [0.717, 1.165) is 49.3 Å². The summed E-state index contributed by atoms with van der Waals surface area (Å²) >= 11 is 0. The molecule has 0 aliphatic carbocycles. The number of hydrogen-bond acceptors (Lipinski definition) is 5. The molecule has 2 fully saturated rings. The third-order valence-corrected chi connectivity index (χ3v) is 5.31. The average molecular weight is 430 g/mol. The van der Waals surface area contributed by atoms with Crippen LogP contribution in [0, 0.1) is 0 Å². The van der Waals surface area contributed by atoms with Crippen LogP contribution in [-0.2, 0) is 23.2 Å². The van der Waals surface area contributed by atoms with Crippen molar-refractivity contribution in [1.29, 1.82) is 0 Å². The van der Waals surface area contributed by atoms with E-state index in [4.69, 9.17) is 0 Å². The van der Waals surface area contributed by atoms with E-state index in [1.807, 2.05) is 18.2 Å². The first-order valence-electron chi connectivity index (χ1n) is 9.02. The van der Waals surface area contributed by atoms with Gasteiger partial charge in [0.1, 0.15) is 6.04 Å². The summed E-state index contributed by atoms with van der Waals surface area (Å²) in [6.07, 6.45) is 0.603. The number of piperazine rings is 1. The van der Waals surface area contributed by atoms with E-state index >= 15 is 0 Å². The Morgan fingerprint density at radius 2 is 1.82 bits per heavy atom. The van der Waals surface area contributed by atoms with Crippen molar-refractivity contribution >= 4 is 47.7 Å². The van der Waals surface area contributed by atoms with Crippen LogP contribution in [0.4, 0.5) is 0 Å². The third kappa shape index (κ3) is 3.96. The summed E-state index contributed by atoms with van der Waals surface area (Å²) in [4.78, 5) is 39.0. The maximum atomic E-state index is 12.9. The summed E-state index contributed by atoms with van der Waals surface area (Å²) in [5, 5.41) is 5.69. The van der Waals surface area contributed by atoms with E-state index in [1.54, 1.807) is 16.2 Å². The molecule has 1 unspecified atom stereocenters. The van der Waals surface area contributed by atoms with Crippen LogP contribution in [0.15, 0.2) is 23.0 Å². The summed E-state index contributed by atoms with van der Waals surface area (Å²) in [5.41, 5.74) is 2.47. The van der Waals surface area contributed by atoms with Crippen molar-refractivity contribution in [3.63, 3.8) is 0 Å². The van der Waals surface area contributed by atoms with E-state index in [0.29, 0.717) is 6.42 Å². The Morgan fingerprint density at radius 1 is 1.11 bits per heavy atom. The number of amides is 2. The van der Waals surface area contributed by atoms with E-state index in [1.165, 1.54) is 0 Å². The van der Waals surface area contributed by atoms with Crippen molar-refractivity contribution in [1.82, 2.24) is 24.7 Å². The number of halogens is 2. The third-order valence-electron chi connectivity index (χ3n) is 5.31. The quantitative estimate of drug-likeness (QED) is 0.696. The van der Waals surface area contributed by atoms with Gasteiger partial charge in [-0.1, -0.05) is 12.1 Å². The molecule has 0 spiro atoms. The van der Waals surface area contributed by atoms with Crippen molar-refractivity contribution in [2.45, 2.75) is 25.4 Å². The first-order valence-corrected chi connectivity index (χ1v) is 9.02. The van der Waals surface area contributed by atoms with Gasteiger partial charge in [0.15, 0.2) is 0 Å². The zero-order valence-corrected chi connectivity index (χ0v) is 17.3. The minimum atomic E-state index is -0.640. The first-order chi connectivity index (χ1) is 12.6. The van der Waals surface area contributed by atoms with Gasteiger partial charge < -0.3 is 5.32 Å². The predicted octanol–water partition coefficient (Wildman–Crippen LogP) is 0.567. The molecule has 4 rings (SSSR count). The predicted molar refractivity (Wildman–Crippen MR) is 111 cm³/mol. The Bertz CT molecular complexity index is 933. The highest BCUT2D eigenvalue weighted by molar-refractivity contribution is 6.00. The highest BCUT2D eigenvalue weighted by Gasteiger charge is 2.31. The molecule has 0 bridgehead atoms. The summed E-state index contributed by atoms with van der Waals surface area (Å²) in [5.74, 6) is -0.678. The minimum absolute atomic E-state index is 0. The fourth-order valence-corrected chi connectivity index (χ4v) is 3.99. The number of benzene rings is 1. The van der Waals surface area contributed by atoms with Crippen LogP contribution in [-0.4, -0.2) is 52.0 Å². The molecule has 2 aromatic rings. The van der Waals surface area contributed by atoms with Crippen LogP contribution in [0.1, 0.15) is 24.4 Å². The molecule has 10 heteroatoms. The molecule has 2 N–H and O–H groups in total. The summed E-state index contributed by atoms with van der Waals surface area (Å²) in [6.45, 7) is 4.64. The Hall–Kier alpha value is -1.87. The van der Waals surface area contributed by atoms with Gasteiger partial charge in [0.2, 0.25) is 11.8 Å². The van der Waals surface area contributed by atoms with Gasteiger partial charge in [0.05, 0.1) is 11.0 Å². The molecule has 1 aromatic carbocycles. The molecule has 8 nitrogen and oxygen atoms in total. The Morgan fingerprint density at radius 3 is 2.50 bits per heavy atom. The van der Waals surface area contributed by atoms with Gasteiger partial charge >= 0.3 is 5.69 Å². The van der Waals surface area contributed by atoms with Crippen molar-refractivity contribution in [2.24, 2.45) is 7.05 Å². The highest BCUT2D eigenvalue weighted by Crippen LogP contribution is 2.25. The molecule has 0 saturated carbocycles. The van der Waals surface area contributed by atoms with Gasteiger partial charge in [0.25, 0.3) is 0 Å². The number of carbonyl (C=O) groups is 2. The fraction of sp³-hybridized carbons (Fsp3) is 0.500. The summed E-state index contributed by atoms with van der Waals surface area (Å²) < 4.78 is 3.16. The maximum absolute atomic E-state index is 12.9. The van der Waals surface area contributed by atoms with Crippen LogP contribution < -0.4 is 16.3 Å². The molecule has 1 atom stereocenters. The zero-order chi connectivity index (χ0) is 18.3. The number of rotatable bonds is 3. The number of imidazole rings is 1. The maximum Gasteiger partial charge on any atom is 0.329 e. The number of nitrogens with zero attached hydrogens (tertiary/aromatic N) is 3. The van der Waals surface area contributed by atoms with Gasteiger partial charge in [-0.3, -0.25) is 28.9 Å². The molecule has 2 saturated heterocycles.